The Morgan fingerprint density at radius 3 is 2.23 bits per heavy atom. The van der Waals surface area contributed by atoms with Crippen molar-refractivity contribution in [1.82, 2.24) is 0 Å². The molecule has 0 saturated carbocycles. The largest absolute Gasteiger partial charge is 0.673 e. The molecule has 0 N–H and O–H groups in total. The smallest absolute Gasteiger partial charge is 0.436 e. The number of benzene rings is 2. The van der Waals surface area contributed by atoms with Crippen molar-refractivity contribution in [3.63, 3.8) is 0 Å². The summed E-state index contributed by atoms with van der Waals surface area (Å²) in [5.74, 6) is 0. The molecule has 8 heteroatoms. The zero-order valence-electron chi connectivity index (χ0n) is 14.4. The molecule has 0 bridgehead atoms. The molecule has 0 radical (unpaired) electrons. The average Bonchev–Trinajstić information content (AvgIpc) is 2.95. The highest BCUT2D eigenvalue weighted by molar-refractivity contribution is 7.19. The van der Waals surface area contributed by atoms with Crippen LogP contribution in [-0.2, 0) is 13.0 Å². The van der Waals surface area contributed by atoms with Crippen LogP contribution in [0.15, 0.2) is 54.6 Å². The summed E-state index contributed by atoms with van der Waals surface area (Å²) in [5, 5.41) is 1.02. The van der Waals surface area contributed by atoms with Crippen LogP contribution in [-0.4, -0.2) is 13.9 Å². The van der Waals surface area contributed by atoms with E-state index in [9.17, 15) is 17.3 Å². The molecule has 0 aliphatic carbocycles. The van der Waals surface area contributed by atoms with Crippen LogP contribution in [0.25, 0.3) is 10.2 Å². The number of fused-ring (bicyclic) bond motifs is 1. The van der Waals surface area contributed by atoms with E-state index in [2.05, 4.69) is 66.1 Å². The molecule has 2 nitrogen and oxygen atoms in total. The Morgan fingerprint density at radius 1 is 0.962 bits per heavy atom. The lowest BCUT2D eigenvalue weighted by molar-refractivity contribution is -0.669. The number of hydrogen-bond acceptors (Lipinski definition) is 2. The first-order valence-corrected chi connectivity index (χ1v) is 9.15. The molecule has 0 saturated heterocycles. The second-order valence-corrected chi connectivity index (χ2v) is 6.51. The molecule has 3 aromatic rings. The van der Waals surface area contributed by atoms with Gasteiger partial charge in [0.15, 0.2) is 6.54 Å². The van der Waals surface area contributed by atoms with Crippen LogP contribution in [0, 0.1) is 0 Å². The second kappa shape index (κ2) is 9.57. The summed E-state index contributed by atoms with van der Waals surface area (Å²) in [6.07, 6.45) is 2.11. The lowest BCUT2D eigenvalue weighted by Crippen LogP contribution is -2.32. The summed E-state index contributed by atoms with van der Waals surface area (Å²) in [7, 11) is -6.00. The Kier molecular flexibility index (Phi) is 7.44. The van der Waals surface area contributed by atoms with Crippen molar-refractivity contribution in [2.75, 3.05) is 6.61 Å². The molecular formula is C18H20BF4NOS. The van der Waals surface area contributed by atoms with Gasteiger partial charge < -0.3 is 22.0 Å². The maximum absolute atomic E-state index is 9.75. The molecule has 1 heterocycles. The third kappa shape index (κ3) is 6.67. The number of halogens is 4. The Bertz CT molecular complexity index is 802. The summed E-state index contributed by atoms with van der Waals surface area (Å²) in [4.78, 5) is 0. The number of aryl methyl sites for hydroxylation is 2. The van der Waals surface area contributed by atoms with E-state index in [1.165, 1.54) is 15.8 Å². The fraction of sp³-hybridized carbons (Fsp3) is 0.278. The molecule has 0 atom stereocenters. The van der Waals surface area contributed by atoms with E-state index < -0.39 is 7.25 Å². The van der Waals surface area contributed by atoms with Gasteiger partial charge in [-0.15, -0.1) is 4.57 Å². The van der Waals surface area contributed by atoms with E-state index >= 15 is 0 Å². The number of para-hydroxylation sites is 1. The fourth-order valence-corrected chi connectivity index (χ4v) is 3.60. The van der Waals surface area contributed by atoms with Crippen LogP contribution in [0.3, 0.4) is 0 Å². The highest BCUT2D eigenvalue weighted by atomic mass is 32.1. The zero-order chi connectivity index (χ0) is 19.0. The van der Waals surface area contributed by atoms with Gasteiger partial charge in [0.25, 0.3) is 0 Å². The van der Waals surface area contributed by atoms with Crippen molar-refractivity contribution in [2.45, 2.75) is 26.3 Å². The summed E-state index contributed by atoms with van der Waals surface area (Å²) in [6.45, 7) is 3.87. The van der Waals surface area contributed by atoms with Crippen molar-refractivity contribution in [1.29, 1.82) is 0 Å². The minimum atomic E-state index is -6.00. The van der Waals surface area contributed by atoms with Crippen LogP contribution in [0.1, 0.15) is 18.9 Å². The van der Waals surface area contributed by atoms with Gasteiger partial charge in [-0.3, -0.25) is 0 Å². The van der Waals surface area contributed by atoms with E-state index in [1.807, 2.05) is 0 Å². The molecule has 0 unspecified atom stereocenters. The maximum Gasteiger partial charge on any atom is 0.673 e. The van der Waals surface area contributed by atoms with Crippen molar-refractivity contribution >= 4 is 28.8 Å². The van der Waals surface area contributed by atoms with Gasteiger partial charge in [0.1, 0.15) is 4.70 Å². The molecule has 3 rings (SSSR count). The first-order chi connectivity index (χ1) is 12.4. The van der Waals surface area contributed by atoms with Crippen molar-refractivity contribution < 1.29 is 26.6 Å². The number of aromatic nitrogens is 1. The highest BCUT2D eigenvalue weighted by Gasteiger charge is 2.21. The number of ether oxygens (including phenoxy) is 1. The summed E-state index contributed by atoms with van der Waals surface area (Å²) >= 11 is 1.74. The Labute approximate surface area is 154 Å². The van der Waals surface area contributed by atoms with Crippen LogP contribution in [0.4, 0.5) is 17.3 Å². The van der Waals surface area contributed by atoms with E-state index in [0.29, 0.717) is 0 Å². The quantitative estimate of drug-likeness (QED) is 0.236. The molecule has 1 aromatic heterocycles. The van der Waals surface area contributed by atoms with E-state index in [1.54, 1.807) is 11.3 Å². The van der Waals surface area contributed by atoms with Gasteiger partial charge in [0.05, 0.1) is 6.61 Å². The molecule has 0 fully saturated rings. The summed E-state index contributed by atoms with van der Waals surface area (Å²) in [6, 6.07) is 19.1. The molecule has 0 spiro atoms. The molecule has 2 aromatic carbocycles. The number of hydrogen-bond donors (Lipinski definition) is 0. The van der Waals surface area contributed by atoms with Crippen molar-refractivity contribution in [3.05, 3.63) is 60.2 Å². The van der Waals surface area contributed by atoms with Gasteiger partial charge in [-0.25, -0.2) is 0 Å². The Hall–Kier alpha value is -2.09. The Morgan fingerprint density at radius 2 is 1.58 bits per heavy atom. The SMILES string of the molecule is CC[n+]1c(OCCCc2ccccc2)sc2ccccc21.F[B-](F)(F)F. The maximum atomic E-state index is 9.75. The van der Waals surface area contributed by atoms with E-state index in [-0.39, 0.29) is 0 Å². The Balaban J connectivity index is 0.000000431. The summed E-state index contributed by atoms with van der Waals surface area (Å²) in [5.41, 5.74) is 2.64. The standard InChI is InChI=1S/C18H20NOS.BF4/c1-2-19-16-12-6-7-13-17(16)21-18(19)20-14-8-11-15-9-4-3-5-10-15;2-1(3,4)5/h3-7,9-10,12-13H,2,8,11,14H2,1H3;/q+1;-1. The molecule has 0 aliphatic heterocycles. The van der Waals surface area contributed by atoms with Gasteiger partial charge in [0.2, 0.25) is 5.52 Å². The lowest BCUT2D eigenvalue weighted by Gasteiger charge is -2.02. The van der Waals surface area contributed by atoms with Crippen molar-refractivity contribution in [3.8, 4) is 5.19 Å². The molecular weight excluding hydrogens is 365 g/mol. The van der Waals surface area contributed by atoms with Gasteiger partial charge in [0, 0.05) is 6.07 Å². The zero-order valence-corrected chi connectivity index (χ0v) is 15.2. The summed E-state index contributed by atoms with van der Waals surface area (Å²) < 4.78 is 48.6. The number of rotatable bonds is 6. The minimum Gasteiger partial charge on any atom is -0.436 e. The van der Waals surface area contributed by atoms with Crippen molar-refractivity contribution in [2.24, 2.45) is 0 Å². The van der Waals surface area contributed by atoms with Gasteiger partial charge >= 0.3 is 12.4 Å². The topological polar surface area (TPSA) is 13.1 Å². The average molecular weight is 385 g/mol. The third-order valence-corrected chi connectivity index (χ3v) is 4.65. The van der Waals surface area contributed by atoms with Crippen LogP contribution < -0.4 is 9.30 Å². The first kappa shape index (κ1) is 20.2. The molecule has 26 heavy (non-hydrogen) atoms. The predicted octanol–water partition coefficient (Wildman–Crippen LogP) is 5.52. The molecule has 0 aliphatic rings. The van der Waals surface area contributed by atoms with Crippen LogP contribution in [0.2, 0.25) is 0 Å². The highest BCUT2D eigenvalue weighted by Crippen LogP contribution is 2.25. The van der Waals surface area contributed by atoms with Crippen LogP contribution in [0.5, 0.6) is 5.19 Å². The molecule has 140 valence electrons. The monoisotopic (exact) mass is 385 g/mol. The van der Waals surface area contributed by atoms with Gasteiger partial charge in [-0.2, -0.15) is 0 Å². The van der Waals surface area contributed by atoms with Crippen LogP contribution >= 0.6 is 11.3 Å². The van der Waals surface area contributed by atoms with E-state index in [4.69, 9.17) is 4.74 Å². The first-order valence-electron chi connectivity index (χ1n) is 8.34. The number of nitrogens with zero attached hydrogens (tertiary/aromatic N) is 1. The number of thiazole rings is 1. The minimum absolute atomic E-state index is 0.766. The predicted molar refractivity (Wildman–Crippen MR) is 98.1 cm³/mol. The molecule has 0 amide bonds. The van der Waals surface area contributed by atoms with Gasteiger partial charge in [-0.05, 0) is 42.7 Å². The normalized spacial score (nSPS) is 11.1. The lowest BCUT2D eigenvalue weighted by atomic mass is 10.1. The third-order valence-electron chi connectivity index (χ3n) is 3.57. The van der Waals surface area contributed by atoms with Gasteiger partial charge in [-0.1, -0.05) is 42.5 Å². The fourth-order valence-electron chi connectivity index (χ4n) is 2.50. The van der Waals surface area contributed by atoms with E-state index in [0.717, 1.165) is 31.2 Å². The second-order valence-electron chi connectivity index (χ2n) is 5.51.